The maximum Gasteiger partial charge on any atom is 0.306 e. The molecule has 0 amide bonds. The number of carbonyl (C=O) groups excluding carboxylic acids is 3. The highest BCUT2D eigenvalue weighted by molar-refractivity contribution is 5.71. The zero-order valence-corrected chi connectivity index (χ0v) is 52.3. The molecule has 0 heterocycles. The Bertz CT molecular complexity index is 1650. The van der Waals surface area contributed by atoms with Crippen molar-refractivity contribution in [2.75, 3.05) is 13.2 Å². The van der Waals surface area contributed by atoms with Gasteiger partial charge in [-0.15, -0.1) is 0 Å². The van der Waals surface area contributed by atoms with Crippen molar-refractivity contribution in [3.63, 3.8) is 0 Å². The van der Waals surface area contributed by atoms with E-state index >= 15 is 0 Å². The average Bonchev–Trinajstić information content (AvgIpc) is 3.46. The van der Waals surface area contributed by atoms with Crippen LogP contribution in [0.15, 0.2) is 122 Å². The lowest BCUT2D eigenvalue weighted by Crippen LogP contribution is -2.30. The van der Waals surface area contributed by atoms with Gasteiger partial charge in [0.2, 0.25) is 0 Å². The fourth-order valence-corrected chi connectivity index (χ4v) is 9.26. The number of ether oxygens (including phenoxy) is 3. The summed E-state index contributed by atoms with van der Waals surface area (Å²) in [5.74, 6) is -0.893. The molecule has 0 radical (unpaired) electrons. The minimum atomic E-state index is -0.784. The predicted octanol–water partition coefficient (Wildman–Crippen LogP) is 23.2. The molecule has 456 valence electrons. The molecule has 0 bridgehead atoms. The van der Waals surface area contributed by atoms with Crippen LogP contribution in [0.25, 0.3) is 0 Å². The molecule has 0 rings (SSSR count). The van der Waals surface area contributed by atoms with E-state index in [4.69, 9.17) is 14.2 Å². The lowest BCUT2D eigenvalue weighted by molar-refractivity contribution is -0.167. The van der Waals surface area contributed by atoms with Crippen LogP contribution < -0.4 is 0 Å². The van der Waals surface area contributed by atoms with Crippen molar-refractivity contribution in [3.05, 3.63) is 122 Å². The summed E-state index contributed by atoms with van der Waals surface area (Å²) in [5, 5.41) is 0. The highest BCUT2D eigenvalue weighted by atomic mass is 16.6. The van der Waals surface area contributed by atoms with Crippen LogP contribution in [-0.4, -0.2) is 37.2 Å². The van der Waals surface area contributed by atoms with E-state index in [9.17, 15) is 14.4 Å². The van der Waals surface area contributed by atoms with Crippen molar-refractivity contribution in [2.45, 2.75) is 316 Å². The number of hydrogen-bond donors (Lipinski definition) is 0. The zero-order chi connectivity index (χ0) is 57.8. The second kappa shape index (κ2) is 67.3. The summed E-state index contributed by atoms with van der Waals surface area (Å²) in [6.07, 6.45) is 93.8. The Hall–Kier alpha value is -4.19. The monoisotopic (exact) mass is 1110 g/mol. The minimum absolute atomic E-state index is 0.0819. The molecule has 6 heteroatoms. The van der Waals surface area contributed by atoms with Gasteiger partial charge in [-0.2, -0.15) is 0 Å². The lowest BCUT2D eigenvalue weighted by atomic mass is 10.0. The normalized spacial score (nSPS) is 12.9. The third kappa shape index (κ3) is 64.6. The molecule has 0 aromatic rings. The lowest BCUT2D eigenvalue weighted by Gasteiger charge is -2.18. The zero-order valence-electron chi connectivity index (χ0n) is 52.3. The van der Waals surface area contributed by atoms with Gasteiger partial charge in [-0.05, 0) is 109 Å². The first kappa shape index (κ1) is 75.8. The molecule has 0 fully saturated rings. The van der Waals surface area contributed by atoms with Gasteiger partial charge in [-0.1, -0.05) is 303 Å². The summed E-state index contributed by atoms with van der Waals surface area (Å²) in [6, 6.07) is 0. The molecular weight excluding hydrogens is 985 g/mol. The van der Waals surface area contributed by atoms with Crippen molar-refractivity contribution in [1.82, 2.24) is 0 Å². The summed E-state index contributed by atoms with van der Waals surface area (Å²) < 4.78 is 16.9. The SMILES string of the molecule is CC/C=C\C/C=C\C/C=C\C/C=C\C/C=C\C/C=C\CCCCCCCCCCCCCCCCCCC(=O)OCC(COC(=O)CCCCCCCCCC)OC(=O)CCCCCCCC/C=C\C/C=C\C/C=C\C/C=C\CC. The third-order valence-corrected chi connectivity index (χ3v) is 14.2. The van der Waals surface area contributed by atoms with Gasteiger partial charge in [0.1, 0.15) is 13.2 Å². The third-order valence-electron chi connectivity index (χ3n) is 14.2. The molecule has 0 aliphatic heterocycles. The van der Waals surface area contributed by atoms with Crippen LogP contribution in [-0.2, 0) is 28.6 Å². The highest BCUT2D eigenvalue weighted by Crippen LogP contribution is 2.17. The number of rotatable bonds is 60. The molecule has 80 heavy (non-hydrogen) atoms. The topological polar surface area (TPSA) is 78.9 Å². The number of allylic oxidation sites excluding steroid dienone is 20. The van der Waals surface area contributed by atoms with Crippen molar-refractivity contribution < 1.29 is 28.6 Å². The number of esters is 3. The number of unbranched alkanes of at least 4 members (excludes halogenated alkanes) is 29. The Morgan fingerprint density at radius 3 is 0.762 bits per heavy atom. The van der Waals surface area contributed by atoms with Crippen molar-refractivity contribution in [1.29, 1.82) is 0 Å². The molecule has 1 unspecified atom stereocenters. The van der Waals surface area contributed by atoms with Gasteiger partial charge in [-0.25, -0.2) is 0 Å². The summed E-state index contributed by atoms with van der Waals surface area (Å²) >= 11 is 0. The van der Waals surface area contributed by atoms with Crippen LogP contribution in [0.5, 0.6) is 0 Å². The van der Waals surface area contributed by atoms with E-state index < -0.39 is 6.10 Å². The van der Waals surface area contributed by atoms with Crippen molar-refractivity contribution in [2.24, 2.45) is 0 Å². The smallest absolute Gasteiger partial charge is 0.306 e. The van der Waals surface area contributed by atoms with E-state index in [0.29, 0.717) is 19.3 Å². The minimum Gasteiger partial charge on any atom is -0.462 e. The maximum atomic E-state index is 12.9. The van der Waals surface area contributed by atoms with Gasteiger partial charge in [-0.3, -0.25) is 14.4 Å². The van der Waals surface area contributed by atoms with Crippen LogP contribution >= 0.6 is 0 Å². The predicted molar refractivity (Wildman–Crippen MR) is 348 cm³/mol. The van der Waals surface area contributed by atoms with Crippen LogP contribution in [0.4, 0.5) is 0 Å². The molecule has 0 aliphatic carbocycles. The Balaban J connectivity index is 4.08. The fraction of sp³-hybridized carbons (Fsp3) is 0.689. The summed E-state index contributed by atoms with van der Waals surface area (Å²) in [5.41, 5.74) is 0. The maximum absolute atomic E-state index is 12.9. The first-order valence-corrected chi connectivity index (χ1v) is 33.5. The average molecular weight is 1110 g/mol. The molecule has 0 aliphatic rings. The number of carbonyl (C=O) groups is 3. The summed E-state index contributed by atoms with van der Waals surface area (Å²) in [4.78, 5) is 38.2. The van der Waals surface area contributed by atoms with Gasteiger partial charge in [0.15, 0.2) is 6.10 Å². The Morgan fingerprint density at radius 1 is 0.263 bits per heavy atom. The second-order valence-corrected chi connectivity index (χ2v) is 22.0. The van der Waals surface area contributed by atoms with E-state index in [1.165, 1.54) is 135 Å². The molecule has 1 atom stereocenters. The van der Waals surface area contributed by atoms with Gasteiger partial charge in [0.05, 0.1) is 0 Å². The molecule has 0 aromatic heterocycles. The standard InChI is InChI=1S/C74H124O6/c1-4-7-10-13-16-19-21-23-25-27-29-30-31-32-33-34-35-36-37-38-39-40-41-42-43-44-46-47-49-51-53-55-58-61-64-67-73(76)79-70-71(69-78-72(75)66-63-60-57-18-15-12-9-6-3)80-74(77)68-65-62-59-56-54-52-50-48-45-28-26-24-22-20-17-14-11-8-5-2/h7-8,10-11,16-17,19-20,23-26,29-30,32-33,35-36,45,48,71H,4-6,9,12-15,18,21-22,27-28,31,34,37-44,46-47,49-70H2,1-3H3/b10-7-,11-8-,19-16-,20-17-,25-23-,26-24-,30-29-,33-32-,36-35-,48-45-. The van der Waals surface area contributed by atoms with Crippen LogP contribution in [0.1, 0.15) is 310 Å². The van der Waals surface area contributed by atoms with E-state index in [1.807, 2.05) is 0 Å². The molecular formula is C74H124O6. The molecule has 0 N–H and O–H groups in total. The van der Waals surface area contributed by atoms with Crippen LogP contribution in [0.2, 0.25) is 0 Å². The molecule has 0 aromatic carbocycles. The Morgan fingerprint density at radius 2 is 0.487 bits per heavy atom. The van der Waals surface area contributed by atoms with E-state index in [0.717, 1.165) is 135 Å². The van der Waals surface area contributed by atoms with Gasteiger partial charge in [0.25, 0.3) is 0 Å². The van der Waals surface area contributed by atoms with Crippen molar-refractivity contribution in [3.8, 4) is 0 Å². The summed E-state index contributed by atoms with van der Waals surface area (Å²) in [7, 11) is 0. The second-order valence-electron chi connectivity index (χ2n) is 22.0. The van der Waals surface area contributed by atoms with Crippen LogP contribution in [0.3, 0.4) is 0 Å². The quantitative estimate of drug-likeness (QED) is 0.0261. The molecule has 6 nitrogen and oxygen atoms in total. The highest BCUT2D eigenvalue weighted by Gasteiger charge is 2.19. The van der Waals surface area contributed by atoms with Gasteiger partial charge < -0.3 is 14.2 Å². The van der Waals surface area contributed by atoms with Gasteiger partial charge in [0, 0.05) is 19.3 Å². The fourth-order valence-electron chi connectivity index (χ4n) is 9.26. The van der Waals surface area contributed by atoms with E-state index in [1.54, 1.807) is 0 Å². The van der Waals surface area contributed by atoms with Gasteiger partial charge >= 0.3 is 17.9 Å². The first-order chi connectivity index (χ1) is 39.5. The van der Waals surface area contributed by atoms with Crippen LogP contribution in [0, 0.1) is 0 Å². The number of hydrogen-bond acceptors (Lipinski definition) is 6. The Kier molecular flexibility index (Phi) is 63.8. The Labute approximate surface area is 494 Å². The first-order valence-electron chi connectivity index (χ1n) is 33.5. The van der Waals surface area contributed by atoms with Crippen molar-refractivity contribution >= 4 is 17.9 Å². The van der Waals surface area contributed by atoms with E-state index in [2.05, 4.69) is 142 Å². The van der Waals surface area contributed by atoms with E-state index in [-0.39, 0.29) is 31.1 Å². The molecule has 0 spiro atoms. The summed E-state index contributed by atoms with van der Waals surface area (Å²) in [6.45, 7) is 6.39. The largest absolute Gasteiger partial charge is 0.462 e. The molecule has 0 saturated heterocycles. The molecule has 0 saturated carbocycles.